The number of carbonyl (C=O) groups is 1. The Hall–Kier alpha value is -1.39. The lowest BCUT2D eigenvalue weighted by molar-refractivity contribution is -0.144. The second-order valence-corrected chi connectivity index (χ2v) is 5.74. The molecule has 0 amide bonds. The van der Waals surface area contributed by atoms with Crippen LogP contribution in [0.1, 0.15) is 25.3 Å². The molecule has 110 valence electrons. The van der Waals surface area contributed by atoms with E-state index in [1.807, 2.05) is 30.3 Å². The van der Waals surface area contributed by atoms with E-state index in [0.717, 1.165) is 31.5 Å². The molecule has 0 saturated carbocycles. The Bertz CT molecular complexity index is 448. The number of methoxy groups -OCH3 is 1. The number of hydrogen-bond donors (Lipinski definition) is 1. The summed E-state index contributed by atoms with van der Waals surface area (Å²) in [6.07, 6.45) is 2.34. The quantitative estimate of drug-likeness (QED) is 0.896. The summed E-state index contributed by atoms with van der Waals surface area (Å²) < 4.78 is 5.41. The maximum absolute atomic E-state index is 11.8. The van der Waals surface area contributed by atoms with Crippen LogP contribution in [0.3, 0.4) is 0 Å². The number of hydrogen-bond acceptors (Lipinski definition) is 3. The molecule has 0 radical (unpaired) electrons. The Balaban J connectivity index is 2.15. The highest BCUT2D eigenvalue weighted by atomic mass is 16.5. The Labute approximate surface area is 120 Å². The Morgan fingerprint density at radius 2 is 2.15 bits per heavy atom. The van der Waals surface area contributed by atoms with Crippen LogP contribution in [0, 0.1) is 0 Å². The zero-order valence-electron chi connectivity index (χ0n) is 12.2. The fourth-order valence-corrected chi connectivity index (χ4v) is 2.88. The van der Waals surface area contributed by atoms with E-state index in [4.69, 9.17) is 4.74 Å². The van der Waals surface area contributed by atoms with Crippen LogP contribution in [0.2, 0.25) is 0 Å². The zero-order valence-corrected chi connectivity index (χ0v) is 12.2. The molecule has 2 unspecified atom stereocenters. The van der Waals surface area contributed by atoms with Crippen molar-refractivity contribution < 1.29 is 14.6 Å². The van der Waals surface area contributed by atoms with Gasteiger partial charge < -0.3 is 9.84 Å². The first-order chi connectivity index (χ1) is 9.56. The molecule has 1 heterocycles. The molecule has 1 N–H and O–H groups in total. The summed E-state index contributed by atoms with van der Waals surface area (Å²) in [4.78, 5) is 14.0. The van der Waals surface area contributed by atoms with E-state index in [2.05, 4.69) is 4.90 Å². The van der Waals surface area contributed by atoms with Crippen molar-refractivity contribution in [3.05, 3.63) is 35.9 Å². The average molecular weight is 277 g/mol. The summed E-state index contributed by atoms with van der Waals surface area (Å²) in [5.74, 6) is -0.775. The van der Waals surface area contributed by atoms with Crippen LogP contribution in [0.4, 0.5) is 0 Å². The average Bonchev–Trinajstić information content (AvgIpc) is 2.48. The smallest absolute Gasteiger partial charge is 0.315 e. The number of carboxylic acids is 1. The van der Waals surface area contributed by atoms with Crippen LogP contribution in [0.5, 0.6) is 0 Å². The van der Waals surface area contributed by atoms with Crippen molar-refractivity contribution in [2.75, 3.05) is 26.7 Å². The zero-order chi connectivity index (χ0) is 14.6. The molecule has 4 heteroatoms. The van der Waals surface area contributed by atoms with Gasteiger partial charge >= 0.3 is 5.97 Å². The van der Waals surface area contributed by atoms with Gasteiger partial charge in [0, 0.05) is 20.2 Å². The predicted molar refractivity (Wildman–Crippen MR) is 77.9 cm³/mol. The Morgan fingerprint density at radius 3 is 2.75 bits per heavy atom. The van der Waals surface area contributed by atoms with E-state index in [0.29, 0.717) is 6.54 Å². The van der Waals surface area contributed by atoms with Crippen molar-refractivity contribution in [2.24, 2.45) is 0 Å². The molecule has 1 aliphatic heterocycles. The molecule has 1 aliphatic rings. The number of likely N-dealkylation sites (tertiary alicyclic amines) is 1. The van der Waals surface area contributed by atoms with Crippen molar-refractivity contribution >= 4 is 5.97 Å². The van der Waals surface area contributed by atoms with Gasteiger partial charge in [0.2, 0.25) is 0 Å². The minimum atomic E-state index is -0.878. The van der Waals surface area contributed by atoms with Gasteiger partial charge in [-0.3, -0.25) is 9.69 Å². The first kappa shape index (κ1) is 15.0. The maximum atomic E-state index is 11.8. The summed E-state index contributed by atoms with van der Waals surface area (Å²) in [5.41, 5.74) is -0.0243. The van der Waals surface area contributed by atoms with Crippen molar-refractivity contribution in [3.8, 4) is 0 Å². The van der Waals surface area contributed by atoms with E-state index in [1.54, 1.807) is 14.0 Å². The van der Waals surface area contributed by atoms with Crippen molar-refractivity contribution in [2.45, 2.75) is 31.3 Å². The predicted octanol–water partition coefficient (Wildman–Crippen LogP) is 2.14. The van der Waals surface area contributed by atoms with Gasteiger partial charge in [-0.2, -0.15) is 0 Å². The maximum Gasteiger partial charge on any atom is 0.315 e. The van der Waals surface area contributed by atoms with E-state index in [1.165, 1.54) is 0 Å². The molecule has 1 fully saturated rings. The van der Waals surface area contributed by atoms with Gasteiger partial charge in [0.25, 0.3) is 0 Å². The number of rotatable bonds is 5. The molecular formula is C16H23NO3. The van der Waals surface area contributed by atoms with Gasteiger partial charge in [-0.05, 0) is 31.9 Å². The first-order valence-electron chi connectivity index (χ1n) is 7.10. The standard InChI is InChI=1S/C16H23NO3/c1-16(15(18)19,13-7-4-3-5-8-13)12-17-10-6-9-14(11-17)20-2/h3-5,7-8,14H,6,9-12H2,1-2H3,(H,18,19). The molecule has 1 aromatic rings. The lowest BCUT2D eigenvalue weighted by atomic mass is 9.81. The minimum Gasteiger partial charge on any atom is -0.481 e. The van der Waals surface area contributed by atoms with Crippen LogP contribution in [-0.2, 0) is 14.9 Å². The number of aliphatic carboxylic acids is 1. The summed E-state index contributed by atoms with van der Waals surface area (Å²) in [7, 11) is 1.72. The van der Waals surface area contributed by atoms with Gasteiger partial charge in [-0.1, -0.05) is 30.3 Å². The number of carboxylic acid groups (broad SMARTS) is 1. The van der Waals surface area contributed by atoms with Gasteiger partial charge in [0.15, 0.2) is 0 Å². The van der Waals surface area contributed by atoms with Crippen molar-refractivity contribution in [1.29, 1.82) is 0 Å². The highest BCUT2D eigenvalue weighted by molar-refractivity contribution is 5.81. The lowest BCUT2D eigenvalue weighted by Crippen LogP contribution is -2.49. The third-order valence-electron chi connectivity index (χ3n) is 4.22. The van der Waals surface area contributed by atoms with E-state index in [-0.39, 0.29) is 6.10 Å². The van der Waals surface area contributed by atoms with Crippen LogP contribution >= 0.6 is 0 Å². The van der Waals surface area contributed by atoms with Gasteiger partial charge in [-0.15, -0.1) is 0 Å². The number of nitrogens with zero attached hydrogens (tertiary/aromatic N) is 1. The molecule has 1 saturated heterocycles. The van der Waals surface area contributed by atoms with Gasteiger partial charge in [-0.25, -0.2) is 0 Å². The van der Waals surface area contributed by atoms with Crippen LogP contribution < -0.4 is 0 Å². The Morgan fingerprint density at radius 1 is 1.45 bits per heavy atom. The molecule has 0 aromatic heterocycles. The van der Waals surface area contributed by atoms with Crippen LogP contribution in [-0.4, -0.2) is 48.8 Å². The van der Waals surface area contributed by atoms with Gasteiger partial charge in [0.05, 0.1) is 6.10 Å². The summed E-state index contributed by atoms with van der Waals surface area (Å²) >= 11 is 0. The van der Waals surface area contributed by atoms with E-state index in [9.17, 15) is 9.90 Å². The first-order valence-corrected chi connectivity index (χ1v) is 7.10. The molecule has 2 atom stereocenters. The highest BCUT2D eigenvalue weighted by Gasteiger charge is 2.38. The number of ether oxygens (including phenoxy) is 1. The normalized spacial score (nSPS) is 23.2. The van der Waals surface area contributed by atoms with E-state index >= 15 is 0 Å². The molecule has 1 aromatic carbocycles. The molecule has 2 rings (SSSR count). The summed E-state index contributed by atoms with van der Waals surface area (Å²) in [6.45, 7) is 4.08. The minimum absolute atomic E-state index is 0.220. The van der Waals surface area contributed by atoms with E-state index < -0.39 is 11.4 Å². The fourth-order valence-electron chi connectivity index (χ4n) is 2.88. The van der Waals surface area contributed by atoms with Crippen molar-refractivity contribution in [3.63, 3.8) is 0 Å². The fraction of sp³-hybridized carbons (Fsp3) is 0.562. The number of piperidine rings is 1. The molecule has 0 spiro atoms. The molecule has 4 nitrogen and oxygen atoms in total. The van der Waals surface area contributed by atoms with Gasteiger partial charge in [0.1, 0.15) is 5.41 Å². The van der Waals surface area contributed by atoms with Crippen LogP contribution in [0.25, 0.3) is 0 Å². The van der Waals surface area contributed by atoms with Crippen LogP contribution in [0.15, 0.2) is 30.3 Å². The second-order valence-electron chi connectivity index (χ2n) is 5.74. The molecule has 0 aliphatic carbocycles. The second kappa shape index (κ2) is 6.37. The van der Waals surface area contributed by atoms with Crippen molar-refractivity contribution in [1.82, 2.24) is 4.90 Å². The molecule has 20 heavy (non-hydrogen) atoms. The third-order valence-corrected chi connectivity index (χ3v) is 4.22. The SMILES string of the molecule is COC1CCCN(CC(C)(C(=O)O)c2ccccc2)C1. The topological polar surface area (TPSA) is 49.8 Å². The number of benzene rings is 1. The summed E-state index contributed by atoms with van der Waals surface area (Å²) in [6, 6.07) is 9.49. The lowest BCUT2D eigenvalue weighted by Gasteiger charge is -2.37. The third kappa shape index (κ3) is 3.19. The monoisotopic (exact) mass is 277 g/mol. The Kier molecular flexibility index (Phi) is 4.78. The highest BCUT2D eigenvalue weighted by Crippen LogP contribution is 2.27. The summed E-state index contributed by atoms with van der Waals surface area (Å²) in [5, 5.41) is 9.68. The largest absolute Gasteiger partial charge is 0.481 e. The molecular weight excluding hydrogens is 254 g/mol. The molecule has 0 bridgehead atoms.